The molecule has 0 spiro atoms. The van der Waals surface area contributed by atoms with Gasteiger partial charge in [-0.15, -0.1) is 11.3 Å². The number of nitrogens with zero attached hydrogens (tertiary/aromatic N) is 2. The first-order valence-electron chi connectivity index (χ1n) is 19.6. The summed E-state index contributed by atoms with van der Waals surface area (Å²) >= 11 is 1.76. The highest BCUT2D eigenvalue weighted by atomic mass is 32.1. The van der Waals surface area contributed by atoms with Crippen LogP contribution in [-0.4, -0.2) is 4.98 Å². The van der Waals surface area contributed by atoms with E-state index in [0.717, 1.165) is 33.1 Å². The Balaban J connectivity index is 0.956. The number of rotatable bonds is 6. The summed E-state index contributed by atoms with van der Waals surface area (Å²) in [4.78, 5) is 7.48. The highest BCUT2D eigenvalue weighted by Crippen LogP contribution is 2.52. The van der Waals surface area contributed by atoms with Gasteiger partial charge < -0.3 is 4.90 Å². The van der Waals surface area contributed by atoms with Crippen molar-refractivity contribution in [3.05, 3.63) is 205 Å². The summed E-state index contributed by atoms with van der Waals surface area (Å²) in [7, 11) is 0. The molecule has 3 heteroatoms. The fourth-order valence-electron chi connectivity index (χ4n) is 9.12. The first-order chi connectivity index (χ1) is 28.0. The van der Waals surface area contributed by atoms with Crippen molar-refractivity contribution in [2.24, 2.45) is 0 Å². The van der Waals surface area contributed by atoms with E-state index in [-0.39, 0.29) is 5.41 Å². The van der Waals surface area contributed by atoms with Crippen LogP contribution in [0.1, 0.15) is 25.0 Å². The van der Waals surface area contributed by atoms with Crippen LogP contribution in [0.5, 0.6) is 0 Å². The molecule has 0 N–H and O–H groups in total. The maximum Gasteiger partial charge on any atom is 0.124 e. The summed E-state index contributed by atoms with van der Waals surface area (Å²) in [5.41, 5.74) is 16.0. The molecule has 1 aliphatic rings. The molecule has 1 aromatic heterocycles. The van der Waals surface area contributed by atoms with Gasteiger partial charge in [0, 0.05) is 33.4 Å². The minimum absolute atomic E-state index is 0.0283. The molecule has 270 valence electrons. The molecule has 0 radical (unpaired) electrons. The molecule has 0 amide bonds. The number of aromatic nitrogens is 1. The summed E-state index contributed by atoms with van der Waals surface area (Å²) in [5, 5.41) is 5.97. The van der Waals surface area contributed by atoms with Crippen molar-refractivity contribution >= 4 is 60.2 Å². The topological polar surface area (TPSA) is 16.1 Å². The quantitative estimate of drug-likeness (QED) is 0.158. The average molecular weight is 747 g/mol. The maximum absolute atomic E-state index is 5.14. The van der Waals surface area contributed by atoms with E-state index in [9.17, 15) is 0 Å². The van der Waals surface area contributed by atoms with Crippen LogP contribution < -0.4 is 4.90 Å². The second-order valence-electron chi connectivity index (χ2n) is 15.5. The fraction of sp³-hybridized carbons (Fsp3) is 0.0556. The van der Waals surface area contributed by atoms with Crippen molar-refractivity contribution in [1.29, 1.82) is 0 Å². The summed E-state index contributed by atoms with van der Waals surface area (Å²) < 4.78 is 1.21. The molecule has 2 nitrogen and oxygen atoms in total. The lowest BCUT2D eigenvalue weighted by Gasteiger charge is -2.26. The van der Waals surface area contributed by atoms with E-state index < -0.39 is 0 Å². The van der Waals surface area contributed by atoms with Crippen LogP contribution >= 0.6 is 11.3 Å². The van der Waals surface area contributed by atoms with Crippen molar-refractivity contribution in [3.8, 4) is 44.0 Å². The van der Waals surface area contributed by atoms with E-state index in [0.29, 0.717) is 0 Å². The average Bonchev–Trinajstić information content (AvgIpc) is 3.82. The lowest BCUT2D eigenvalue weighted by atomic mass is 9.82. The minimum Gasteiger partial charge on any atom is -0.311 e. The van der Waals surface area contributed by atoms with Crippen LogP contribution in [0, 0.1) is 0 Å². The van der Waals surface area contributed by atoms with Crippen LogP contribution in [0.2, 0.25) is 0 Å². The van der Waals surface area contributed by atoms with Gasteiger partial charge in [0.25, 0.3) is 0 Å². The van der Waals surface area contributed by atoms with Crippen LogP contribution in [0.15, 0.2) is 194 Å². The van der Waals surface area contributed by atoms with E-state index in [1.165, 1.54) is 70.8 Å². The molecule has 9 aromatic carbocycles. The highest BCUT2D eigenvalue weighted by molar-refractivity contribution is 7.21. The van der Waals surface area contributed by atoms with E-state index in [4.69, 9.17) is 4.98 Å². The van der Waals surface area contributed by atoms with Crippen molar-refractivity contribution in [1.82, 2.24) is 4.98 Å². The number of para-hydroxylation sites is 1. The lowest BCUT2D eigenvalue weighted by Crippen LogP contribution is -2.14. The molecule has 0 atom stereocenters. The Hall–Kier alpha value is -6.81. The number of hydrogen-bond acceptors (Lipinski definition) is 3. The Labute approximate surface area is 337 Å². The van der Waals surface area contributed by atoms with Crippen molar-refractivity contribution in [2.75, 3.05) is 4.90 Å². The zero-order chi connectivity index (χ0) is 38.1. The Morgan fingerprint density at radius 3 is 1.70 bits per heavy atom. The number of anilines is 3. The van der Waals surface area contributed by atoms with Gasteiger partial charge in [-0.05, 0) is 103 Å². The van der Waals surface area contributed by atoms with Crippen molar-refractivity contribution in [2.45, 2.75) is 19.3 Å². The van der Waals surface area contributed by atoms with Gasteiger partial charge in [0.1, 0.15) is 5.01 Å². The number of hydrogen-bond donors (Lipinski definition) is 0. The predicted octanol–water partition coefficient (Wildman–Crippen LogP) is 15.4. The molecule has 0 saturated heterocycles. The molecule has 0 unspecified atom stereocenters. The van der Waals surface area contributed by atoms with Gasteiger partial charge in [0.05, 0.1) is 10.2 Å². The molecular formula is C54H38N2S. The number of thiazole rings is 1. The maximum atomic E-state index is 5.14. The molecular weight excluding hydrogens is 709 g/mol. The van der Waals surface area contributed by atoms with Gasteiger partial charge in [0.15, 0.2) is 0 Å². The normalized spacial score (nSPS) is 12.9. The molecule has 1 heterocycles. The van der Waals surface area contributed by atoms with Gasteiger partial charge in [-0.25, -0.2) is 4.98 Å². The van der Waals surface area contributed by atoms with E-state index in [2.05, 4.69) is 213 Å². The standard InChI is InChI=1S/C54H38N2S/c1-54(2)48-21-10-9-17-47(48)51-42(19-12-22-49(51)54)36-25-29-40(30-26-36)56(38-15-7-4-8-16-38)39-27-23-35(24-28-39)41-18-11-20-43-44(41)31-32-46-45(43)33-34-50-52(46)55-53(57-50)37-13-5-3-6-14-37/h3-34H,1-2H3. The van der Waals surface area contributed by atoms with Gasteiger partial charge in [-0.3, -0.25) is 0 Å². The SMILES string of the molecule is CC1(C)c2ccccc2-c2c(-c3ccc(N(c4ccccc4)c4ccc(-c5cccc6c5ccc5c6ccc6sc(-c7ccccc7)nc65)cc4)cc3)cccc21. The molecule has 10 aromatic rings. The van der Waals surface area contributed by atoms with E-state index in [1.54, 1.807) is 11.3 Å². The van der Waals surface area contributed by atoms with Gasteiger partial charge in [-0.1, -0.05) is 166 Å². The van der Waals surface area contributed by atoms with E-state index >= 15 is 0 Å². The fourth-order valence-corrected chi connectivity index (χ4v) is 10.1. The van der Waals surface area contributed by atoms with Crippen LogP contribution in [0.3, 0.4) is 0 Å². The third-order valence-electron chi connectivity index (χ3n) is 11.9. The molecule has 1 aliphatic carbocycles. The molecule has 0 fully saturated rings. The summed E-state index contributed by atoms with van der Waals surface area (Å²) in [6.45, 7) is 4.69. The van der Waals surface area contributed by atoms with Crippen LogP contribution in [0.25, 0.3) is 75.7 Å². The highest BCUT2D eigenvalue weighted by Gasteiger charge is 2.36. The molecule has 0 bridgehead atoms. The first-order valence-corrected chi connectivity index (χ1v) is 20.4. The van der Waals surface area contributed by atoms with Crippen LogP contribution in [0.4, 0.5) is 17.1 Å². The monoisotopic (exact) mass is 746 g/mol. The van der Waals surface area contributed by atoms with Crippen molar-refractivity contribution in [3.63, 3.8) is 0 Å². The second-order valence-corrected chi connectivity index (χ2v) is 16.6. The Morgan fingerprint density at radius 2 is 0.947 bits per heavy atom. The second kappa shape index (κ2) is 13.2. The summed E-state index contributed by atoms with van der Waals surface area (Å²) in [6.07, 6.45) is 0. The largest absolute Gasteiger partial charge is 0.311 e. The predicted molar refractivity (Wildman–Crippen MR) is 243 cm³/mol. The molecule has 0 saturated carbocycles. The van der Waals surface area contributed by atoms with Gasteiger partial charge in [-0.2, -0.15) is 0 Å². The van der Waals surface area contributed by atoms with Crippen LogP contribution in [-0.2, 0) is 5.41 Å². The number of fused-ring (bicyclic) bond motifs is 8. The number of benzene rings is 9. The third kappa shape index (κ3) is 5.42. The third-order valence-corrected chi connectivity index (χ3v) is 13.0. The van der Waals surface area contributed by atoms with E-state index in [1.807, 2.05) is 0 Å². The molecule has 11 rings (SSSR count). The zero-order valence-corrected chi connectivity index (χ0v) is 32.6. The summed E-state index contributed by atoms with van der Waals surface area (Å²) in [5.74, 6) is 0. The first kappa shape index (κ1) is 33.5. The molecule has 57 heavy (non-hydrogen) atoms. The zero-order valence-electron chi connectivity index (χ0n) is 31.8. The Morgan fingerprint density at radius 1 is 0.404 bits per heavy atom. The summed E-state index contributed by atoms with van der Waals surface area (Å²) in [6, 6.07) is 70.7. The smallest absolute Gasteiger partial charge is 0.124 e. The Kier molecular flexibility index (Phi) is 7.74. The van der Waals surface area contributed by atoms with Gasteiger partial charge >= 0.3 is 0 Å². The lowest BCUT2D eigenvalue weighted by molar-refractivity contribution is 0.660. The van der Waals surface area contributed by atoms with Crippen molar-refractivity contribution < 1.29 is 0 Å². The minimum atomic E-state index is -0.0283. The molecule has 0 aliphatic heterocycles. The Bertz CT molecular complexity index is 3120. The van der Waals surface area contributed by atoms with Gasteiger partial charge in [0.2, 0.25) is 0 Å².